The highest BCUT2D eigenvalue weighted by atomic mass is 35.5. The van der Waals surface area contributed by atoms with Crippen LogP contribution in [0.2, 0.25) is 5.02 Å². The minimum absolute atomic E-state index is 0.202. The third-order valence-corrected chi connectivity index (χ3v) is 5.54. The van der Waals surface area contributed by atoms with Crippen molar-refractivity contribution in [2.24, 2.45) is 0 Å². The van der Waals surface area contributed by atoms with Crippen molar-refractivity contribution in [1.82, 2.24) is 16.0 Å². The summed E-state index contributed by atoms with van der Waals surface area (Å²) < 4.78 is 15.9. The fourth-order valence-corrected chi connectivity index (χ4v) is 4.04. The number of ether oxygens (including phenoxy) is 3. The molecule has 1 atom stereocenters. The first-order valence-corrected chi connectivity index (χ1v) is 11.4. The minimum Gasteiger partial charge on any atom is -0.493 e. The number of hydrogen-bond acceptors (Lipinski definition) is 6. The third-order valence-electron chi connectivity index (χ3n) is 5.03. The summed E-state index contributed by atoms with van der Waals surface area (Å²) >= 11 is 11.8. The fraction of sp³-hybridized carbons (Fsp3) is 0.292. The molecule has 8 nitrogen and oxygen atoms in total. The quantitative estimate of drug-likeness (QED) is 0.354. The summed E-state index contributed by atoms with van der Waals surface area (Å²) in [6.07, 6.45) is 0. The molecule has 0 radical (unpaired) electrons. The SMILES string of the molecule is CCOC(=O)COc1c(Cl)cc(C2NC(=S)NC(C)=C2C(=O)NCc2ccccc2)cc1OC. The highest BCUT2D eigenvalue weighted by Gasteiger charge is 2.31. The lowest BCUT2D eigenvalue weighted by Crippen LogP contribution is -2.46. The number of benzene rings is 2. The number of halogens is 1. The average Bonchev–Trinajstić information content (AvgIpc) is 2.81. The molecular weight excluding hydrogens is 478 g/mol. The normalized spacial score (nSPS) is 15.2. The Kier molecular flexibility index (Phi) is 8.72. The van der Waals surface area contributed by atoms with Crippen molar-refractivity contribution in [1.29, 1.82) is 0 Å². The van der Waals surface area contributed by atoms with Gasteiger partial charge in [0.2, 0.25) is 0 Å². The first kappa shape index (κ1) is 25.3. The number of nitrogens with one attached hydrogen (secondary N) is 3. The van der Waals surface area contributed by atoms with Gasteiger partial charge in [0.05, 0.1) is 30.4 Å². The summed E-state index contributed by atoms with van der Waals surface area (Å²) in [7, 11) is 1.46. The number of rotatable bonds is 9. The first-order valence-electron chi connectivity index (χ1n) is 10.6. The Morgan fingerprint density at radius 3 is 2.62 bits per heavy atom. The van der Waals surface area contributed by atoms with E-state index in [0.29, 0.717) is 34.2 Å². The van der Waals surface area contributed by atoms with Gasteiger partial charge in [-0.2, -0.15) is 0 Å². The number of amides is 1. The van der Waals surface area contributed by atoms with Crippen molar-refractivity contribution >= 4 is 40.8 Å². The van der Waals surface area contributed by atoms with Crippen LogP contribution in [0.5, 0.6) is 11.5 Å². The summed E-state index contributed by atoms with van der Waals surface area (Å²) in [5.74, 6) is -0.273. The van der Waals surface area contributed by atoms with Crippen molar-refractivity contribution < 1.29 is 23.8 Å². The van der Waals surface area contributed by atoms with E-state index in [0.717, 1.165) is 5.56 Å². The zero-order chi connectivity index (χ0) is 24.7. The van der Waals surface area contributed by atoms with Gasteiger partial charge in [0.15, 0.2) is 23.2 Å². The van der Waals surface area contributed by atoms with Crippen LogP contribution in [-0.2, 0) is 20.9 Å². The monoisotopic (exact) mass is 503 g/mol. The highest BCUT2D eigenvalue weighted by molar-refractivity contribution is 7.80. The number of methoxy groups -OCH3 is 1. The molecule has 1 heterocycles. The van der Waals surface area contributed by atoms with E-state index in [4.69, 9.17) is 38.0 Å². The molecule has 180 valence electrons. The van der Waals surface area contributed by atoms with Crippen molar-refractivity contribution in [3.05, 3.63) is 69.9 Å². The van der Waals surface area contributed by atoms with E-state index in [-0.39, 0.29) is 29.9 Å². The van der Waals surface area contributed by atoms with E-state index in [9.17, 15) is 9.59 Å². The molecule has 1 unspecified atom stereocenters. The second-order valence-corrected chi connectivity index (χ2v) is 8.18. The Hall–Kier alpha value is -3.30. The number of carbonyl (C=O) groups excluding carboxylic acids is 2. The van der Waals surface area contributed by atoms with Crippen LogP contribution >= 0.6 is 23.8 Å². The Bertz CT molecular complexity index is 1110. The van der Waals surface area contributed by atoms with Crippen LogP contribution in [0, 0.1) is 0 Å². The molecule has 34 heavy (non-hydrogen) atoms. The molecule has 2 aromatic carbocycles. The van der Waals surface area contributed by atoms with Crippen molar-refractivity contribution in [3.8, 4) is 11.5 Å². The maximum absolute atomic E-state index is 13.2. The molecule has 2 aromatic rings. The van der Waals surface area contributed by atoms with Crippen molar-refractivity contribution in [2.75, 3.05) is 20.3 Å². The van der Waals surface area contributed by atoms with E-state index in [1.807, 2.05) is 30.3 Å². The van der Waals surface area contributed by atoms with E-state index in [2.05, 4.69) is 16.0 Å². The van der Waals surface area contributed by atoms with Gasteiger partial charge in [0, 0.05) is 12.2 Å². The van der Waals surface area contributed by atoms with Gasteiger partial charge in [-0.1, -0.05) is 41.9 Å². The molecule has 3 N–H and O–H groups in total. The van der Waals surface area contributed by atoms with Crippen LogP contribution in [0.3, 0.4) is 0 Å². The number of allylic oxidation sites excluding steroid dienone is 1. The van der Waals surface area contributed by atoms with E-state index in [1.54, 1.807) is 26.0 Å². The third kappa shape index (κ3) is 6.18. The van der Waals surface area contributed by atoms with Gasteiger partial charge in [-0.05, 0) is 49.3 Å². The van der Waals surface area contributed by atoms with Crippen LogP contribution in [0.15, 0.2) is 53.7 Å². The zero-order valence-corrected chi connectivity index (χ0v) is 20.6. The van der Waals surface area contributed by atoms with Gasteiger partial charge in [-0.15, -0.1) is 0 Å². The van der Waals surface area contributed by atoms with E-state index >= 15 is 0 Å². The van der Waals surface area contributed by atoms with Crippen LogP contribution in [0.4, 0.5) is 0 Å². The molecule has 1 amide bonds. The lowest BCUT2D eigenvalue weighted by molar-refractivity contribution is -0.145. The minimum atomic E-state index is -0.588. The summed E-state index contributed by atoms with van der Waals surface area (Å²) in [5, 5.41) is 9.68. The highest BCUT2D eigenvalue weighted by Crippen LogP contribution is 2.40. The van der Waals surface area contributed by atoms with Crippen LogP contribution < -0.4 is 25.4 Å². The number of thiocarbonyl (C=S) groups is 1. The van der Waals surface area contributed by atoms with Crippen molar-refractivity contribution in [3.63, 3.8) is 0 Å². The number of esters is 1. The standard InChI is InChI=1S/C24H26ClN3O5S/c1-4-32-19(29)13-33-22-17(25)10-16(11-18(22)31-3)21-20(14(2)27-24(34)28-21)23(30)26-12-15-8-6-5-7-9-15/h5-11,21H,4,12-13H2,1-3H3,(H,26,30)(H2,27,28,34). The molecule has 0 spiro atoms. The van der Waals surface area contributed by atoms with Crippen LogP contribution in [0.25, 0.3) is 0 Å². The van der Waals surface area contributed by atoms with Gasteiger partial charge in [-0.3, -0.25) is 4.79 Å². The molecule has 3 rings (SSSR count). The van der Waals surface area contributed by atoms with Gasteiger partial charge >= 0.3 is 5.97 Å². The maximum Gasteiger partial charge on any atom is 0.344 e. The predicted molar refractivity (Wildman–Crippen MR) is 133 cm³/mol. The molecular formula is C24H26ClN3O5S. The molecule has 0 saturated carbocycles. The zero-order valence-electron chi connectivity index (χ0n) is 19.1. The Morgan fingerprint density at radius 2 is 1.94 bits per heavy atom. The Morgan fingerprint density at radius 1 is 1.21 bits per heavy atom. The van der Waals surface area contributed by atoms with Gasteiger partial charge in [0.1, 0.15) is 0 Å². The van der Waals surface area contributed by atoms with Crippen LogP contribution in [0.1, 0.15) is 31.0 Å². The van der Waals surface area contributed by atoms with Gasteiger partial charge < -0.3 is 30.2 Å². The molecule has 10 heteroatoms. The van der Waals surface area contributed by atoms with E-state index < -0.39 is 12.0 Å². The molecule has 0 aromatic heterocycles. The first-order chi connectivity index (χ1) is 16.3. The predicted octanol–water partition coefficient (Wildman–Crippen LogP) is 3.40. The van der Waals surface area contributed by atoms with E-state index in [1.165, 1.54) is 7.11 Å². The summed E-state index contributed by atoms with van der Waals surface area (Å²) in [6.45, 7) is 3.80. The Balaban J connectivity index is 1.88. The Labute approximate surface area is 208 Å². The summed E-state index contributed by atoms with van der Waals surface area (Å²) in [4.78, 5) is 24.9. The molecule has 1 aliphatic heterocycles. The summed E-state index contributed by atoms with van der Waals surface area (Å²) in [6, 6.07) is 12.4. The number of carbonyl (C=O) groups is 2. The number of hydrogen-bond donors (Lipinski definition) is 3. The van der Waals surface area contributed by atoms with Crippen LogP contribution in [-0.4, -0.2) is 37.3 Å². The fourth-order valence-electron chi connectivity index (χ4n) is 3.50. The second kappa shape index (κ2) is 11.7. The molecule has 0 saturated heterocycles. The second-order valence-electron chi connectivity index (χ2n) is 7.37. The lowest BCUT2D eigenvalue weighted by atomic mass is 9.94. The maximum atomic E-state index is 13.2. The van der Waals surface area contributed by atoms with Crippen molar-refractivity contribution in [2.45, 2.75) is 26.4 Å². The summed E-state index contributed by atoms with van der Waals surface area (Å²) in [5.41, 5.74) is 2.70. The smallest absolute Gasteiger partial charge is 0.344 e. The largest absolute Gasteiger partial charge is 0.493 e. The van der Waals surface area contributed by atoms with Gasteiger partial charge in [-0.25, -0.2) is 4.79 Å². The molecule has 0 aliphatic carbocycles. The molecule has 0 fully saturated rings. The lowest BCUT2D eigenvalue weighted by Gasteiger charge is -2.31. The molecule has 0 bridgehead atoms. The van der Waals surface area contributed by atoms with Gasteiger partial charge in [0.25, 0.3) is 5.91 Å². The molecule has 1 aliphatic rings. The average molecular weight is 504 g/mol. The topological polar surface area (TPSA) is 97.9 Å².